The normalized spacial score (nSPS) is 18.3. The molecule has 2 heterocycles. The lowest BCUT2D eigenvalue weighted by Crippen LogP contribution is -2.28. The molecule has 2 aromatic rings. The Morgan fingerprint density at radius 3 is 2.57 bits per heavy atom. The van der Waals surface area contributed by atoms with Crippen molar-refractivity contribution in [3.63, 3.8) is 0 Å². The topological polar surface area (TPSA) is 68.8 Å². The summed E-state index contributed by atoms with van der Waals surface area (Å²) in [6.45, 7) is 0.114. The van der Waals surface area contributed by atoms with Crippen LogP contribution in [0.25, 0.3) is 0 Å². The minimum absolute atomic E-state index is 0.114. The summed E-state index contributed by atoms with van der Waals surface area (Å²) >= 11 is 0. The molecule has 0 aromatic carbocycles. The van der Waals surface area contributed by atoms with Crippen LogP contribution in [0.5, 0.6) is 0 Å². The fraction of sp³-hybridized carbons (Fsp3) is 0.643. The van der Waals surface area contributed by atoms with Crippen molar-refractivity contribution in [2.24, 2.45) is 7.05 Å². The lowest BCUT2D eigenvalue weighted by molar-refractivity contribution is -0.141. The van der Waals surface area contributed by atoms with Gasteiger partial charge in [0.15, 0.2) is 5.69 Å². The Balaban J connectivity index is 1.78. The van der Waals surface area contributed by atoms with Gasteiger partial charge in [0.2, 0.25) is 0 Å². The van der Waals surface area contributed by atoms with Crippen LogP contribution in [0, 0.1) is 0 Å². The maximum Gasteiger partial charge on any atom is 0.435 e. The molecule has 0 spiro atoms. The second-order valence-electron chi connectivity index (χ2n) is 6.04. The summed E-state index contributed by atoms with van der Waals surface area (Å²) in [7, 11) is 1.46. The van der Waals surface area contributed by atoms with Gasteiger partial charge in [-0.1, -0.05) is 24.5 Å². The summed E-state index contributed by atoms with van der Waals surface area (Å²) in [5.74, 6) is 0. The second-order valence-corrected chi connectivity index (χ2v) is 6.04. The van der Waals surface area contributed by atoms with Gasteiger partial charge in [-0.15, -0.1) is 5.10 Å². The minimum atomic E-state index is -4.47. The standard InChI is InChI=1S/C14H18F3N5O/c1-21-10(7-11(19-21)14(15,16)17)8-22-9-12(18-20-22)13(23)5-3-2-4-6-13/h7,9,23H,2-6,8H2,1H3. The van der Waals surface area contributed by atoms with Crippen molar-refractivity contribution < 1.29 is 18.3 Å². The van der Waals surface area contributed by atoms with Crippen LogP contribution in [-0.2, 0) is 25.4 Å². The van der Waals surface area contributed by atoms with Crippen LogP contribution in [0.15, 0.2) is 12.3 Å². The lowest BCUT2D eigenvalue weighted by atomic mass is 9.83. The molecule has 6 nitrogen and oxygen atoms in total. The number of aliphatic hydroxyl groups is 1. The number of aromatic nitrogens is 5. The van der Waals surface area contributed by atoms with Gasteiger partial charge in [-0.25, -0.2) is 4.68 Å². The molecule has 0 unspecified atom stereocenters. The third-order valence-corrected chi connectivity index (χ3v) is 4.29. The highest BCUT2D eigenvalue weighted by Crippen LogP contribution is 2.35. The van der Waals surface area contributed by atoms with Gasteiger partial charge in [-0.3, -0.25) is 4.68 Å². The monoisotopic (exact) mass is 329 g/mol. The Kier molecular flexibility index (Phi) is 3.91. The Morgan fingerprint density at radius 1 is 1.26 bits per heavy atom. The molecule has 0 radical (unpaired) electrons. The Bertz CT molecular complexity index is 685. The molecule has 1 saturated carbocycles. The summed E-state index contributed by atoms with van der Waals surface area (Å²) in [5, 5.41) is 22.0. The number of rotatable bonds is 3. The third-order valence-electron chi connectivity index (χ3n) is 4.29. The summed E-state index contributed by atoms with van der Waals surface area (Å²) in [6.07, 6.45) is 1.35. The van der Waals surface area contributed by atoms with Gasteiger partial charge < -0.3 is 5.11 Å². The van der Waals surface area contributed by atoms with Crippen molar-refractivity contribution in [2.45, 2.75) is 50.4 Å². The average molecular weight is 329 g/mol. The van der Waals surface area contributed by atoms with Crippen molar-refractivity contribution in [3.05, 3.63) is 29.3 Å². The molecule has 0 aliphatic heterocycles. The van der Waals surface area contributed by atoms with E-state index in [0.29, 0.717) is 24.2 Å². The highest BCUT2D eigenvalue weighted by molar-refractivity contribution is 5.14. The zero-order valence-electron chi connectivity index (χ0n) is 12.7. The molecule has 3 rings (SSSR count). The van der Waals surface area contributed by atoms with E-state index in [0.717, 1.165) is 25.3 Å². The number of alkyl halides is 3. The summed E-state index contributed by atoms with van der Waals surface area (Å²) in [5.41, 5.74) is -1.05. The zero-order valence-corrected chi connectivity index (χ0v) is 12.7. The summed E-state index contributed by atoms with van der Waals surface area (Å²) in [4.78, 5) is 0. The van der Waals surface area contributed by atoms with Gasteiger partial charge in [0.05, 0.1) is 18.4 Å². The molecule has 1 fully saturated rings. The van der Waals surface area contributed by atoms with Crippen LogP contribution in [0.3, 0.4) is 0 Å². The Morgan fingerprint density at radius 2 is 1.96 bits per heavy atom. The number of nitrogens with zero attached hydrogens (tertiary/aromatic N) is 5. The van der Waals surface area contributed by atoms with E-state index in [9.17, 15) is 18.3 Å². The first kappa shape index (κ1) is 16.0. The van der Waals surface area contributed by atoms with E-state index in [4.69, 9.17) is 0 Å². The molecule has 1 N–H and O–H groups in total. The van der Waals surface area contributed by atoms with Gasteiger partial charge in [0.25, 0.3) is 0 Å². The van der Waals surface area contributed by atoms with Gasteiger partial charge in [-0.05, 0) is 18.9 Å². The van der Waals surface area contributed by atoms with Gasteiger partial charge >= 0.3 is 6.18 Å². The Labute approximate surface area is 130 Å². The van der Waals surface area contributed by atoms with Crippen LogP contribution in [0.2, 0.25) is 0 Å². The molecule has 0 saturated heterocycles. The molecule has 126 valence electrons. The first-order chi connectivity index (χ1) is 10.8. The Hall–Kier alpha value is -1.90. The fourth-order valence-electron chi connectivity index (χ4n) is 2.94. The first-order valence-corrected chi connectivity index (χ1v) is 7.51. The number of hydrogen-bond donors (Lipinski definition) is 1. The predicted molar refractivity (Wildman–Crippen MR) is 74.3 cm³/mol. The van der Waals surface area contributed by atoms with E-state index in [1.807, 2.05) is 0 Å². The molecule has 23 heavy (non-hydrogen) atoms. The van der Waals surface area contributed by atoms with Crippen LogP contribution < -0.4 is 0 Å². The van der Waals surface area contributed by atoms with Crippen molar-refractivity contribution in [1.29, 1.82) is 0 Å². The maximum absolute atomic E-state index is 12.7. The zero-order chi connectivity index (χ0) is 16.7. The van der Waals surface area contributed by atoms with Crippen molar-refractivity contribution in [2.75, 3.05) is 0 Å². The van der Waals surface area contributed by atoms with Crippen LogP contribution in [-0.4, -0.2) is 29.9 Å². The molecule has 1 aliphatic carbocycles. The highest BCUT2D eigenvalue weighted by Gasteiger charge is 2.35. The smallest absolute Gasteiger partial charge is 0.383 e. The molecule has 0 amide bonds. The third kappa shape index (κ3) is 3.24. The number of halogens is 3. The minimum Gasteiger partial charge on any atom is -0.383 e. The molecular formula is C14H18F3N5O. The van der Waals surface area contributed by atoms with Crippen LogP contribution in [0.4, 0.5) is 13.2 Å². The quantitative estimate of drug-likeness (QED) is 0.937. The van der Waals surface area contributed by atoms with Crippen molar-refractivity contribution in [1.82, 2.24) is 24.8 Å². The van der Waals surface area contributed by atoms with E-state index >= 15 is 0 Å². The fourth-order valence-corrected chi connectivity index (χ4v) is 2.94. The molecule has 0 bridgehead atoms. The van der Waals surface area contributed by atoms with Crippen LogP contribution >= 0.6 is 0 Å². The number of hydrogen-bond acceptors (Lipinski definition) is 4. The van der Waals surface area contributed by atoms with Gasteiger partial charge in [-0.2, -0.15) is 18.3 Å². The SMILES string of the molecule is Cn1nc(C(F)(F)F)cc1Cn1cc(C2(O)CCCCC2)nn1. The summed E-state index contributed by atoms with van der Waals surface area (Å²) < 4.78 is 40.6. The second kappa shape index (κ2) is 5.63. The van der Waals surface area contributed by atoms with Crippen molar-refractivity contribution >= 4 is 0 Å². The van der Waals surface area contributed by atoms with E-state index < -0.39 is 17.5 Å². The first-order valence-electron chi connectivity index (χ1n) is 7.51. The van der Waals surface area contributed by atoms with Gasteiger partial charge in [0.1, 0.15) is 11.3 Å². The number of aryl methyl sites for hydroxylation is 1. The van der Waals surface area contributed by atoms with E-state index in [1.54, 1.807) is 6.20 Å². The summed E-state index contributed by atoms with van der Waals surface area (Å²) in [6, 6.07) is 0.997. The van der Waals surface area contributed by atoms with E-state index in [1.165, 1.54) is 16.4 Å². The molecule has 1 aliphatic rings. The van der Waals surface area contributed by atoms with Crippen molar-refractivity contribution in [3.8, 4) is 0 Å². The maximum atomic E-state index is 12.7. The van der Waals surface area contributed by atoms with Crippen LogP contribution in [0.1, 0.15) is 49.2 Å². The predicted octanol–water partition coefficient (Wildman–Crippen LogP) is 2.23. The molecule has 0 atom stereocenters. The molecular weight excluding hydrogens is 311 g/mol. The highest BCUT2D eigenvalue weighted by atomic mass is 19.4. The molecule has 2 aromatic heterocycles. The average Bonchev–Trinajstić information content (AvgIpc) is 3.08. The van der Waals surface area contributed by atoms with E-state index in [-0.39, 0.29) is 6.54 Å². The molecule has 9 heteroatoms. The largest absolute Gasteiger partial charge is 0.435 e. The lowest BCUT2D eigenvalue weighted by Gasteiger charge is -2.29. The van der Waals surface area contributed by atoms with Gasteiger partial charge in [0, 0.05) is 7.05 Å². The van der Waals surface area contributed by atoms with E-state index in [2.05, 4.69) is 15.4 Å².